The number of rotatable bonds is 13. The summed E-state index contributed by atoms with van der Waals surface area (Å²) in [6.07, 6.45) is -1.01. The van der Waals surface area contributed by atoms with Gasteiger partial charge >= 0.3 is 0 Å². The van der Waals surface area contributed by atoms with Gasteiger partial charge in [0.25, 0.3) is 0 Å². The Hall–Kier alpha value is -3.41. The molecule has 3 aromatic rings. The summed E-state index contributed by atoms with van der Waals surface area (Å²) in [5.74, 6) is 2.44. The van der Waals surface area contributed by atoms with E-state index in [1.807, 2.05) is 37.3 Å². The van der Waals surface area contributed by atoms with Crippen LogP contribution in [0.25, 0.3) is 0 Å². The Morgan fingerprint density at radius 1 is 0.810 bits per heavy atom. The van der Waals surface area contributed by atoms with Gasteiger partial charge in [-0.05, 0) is 36.2 Å². The Morgan fingerprint density at radius 2 is 1.36 bits per heavy atom. The van der Waals surface area contributed by atoms with Crippen LogP contribution in [0, 0.1) is 0 Å². The van der Waals surface area contributed by atoms with Crippen LogP contribution in [-0.4, -0.2) is 60.4 Å². The predicted molar refractivity (Wildman–Crippen MR) is 155 cm³/mol. The number of aliphatic hydroxyl groups is 3. The summed E-state index contributed by atoms with van der Waals surface area (Å²) in [6, 6.07) is 12.6. The Balaban J connectivity index is 1.63. The van der Waals surface area contributed by atoms with Crippen molar-refractivity contribution < 1.29 is 43.7 Å². The van der Waals surface area contributed by atoms with Crippen LogP contribution in [0.4, 0.5) is 0 Å². The van der Waals surface area contributed by atoms with Gasteiger partial charge in [-0.3, -0.25) is 0 Å². The first-order chi connectivity index (χ1) is 20.4. The van der Waals surface area contributed by atoms with Gasteiger partial charge in [-0.25, -0.2) is 0 Å². The molecule has 3 aromatic carbocycles. The van der Waals surface area contributed by atoms with Gasteiger partial charge in [0, 0.05) is 48.5 Å². The smallest absolute Gasteiger partial charge is 0.239 e. The molecule has 0 fully saturated rings. The summed E-state index contributed by atoms with van der Waals surface area (Å²) < 4.78 is 35.8. The molecule has 0 spiro atoms. The third-order valence-corrected chi connectivity index (χ3v) is 7.55. The second-order valence-corrected chi connectivity index (χ2v) is 10.5. The van der Waals surface area contributed by atoms with E-state index in [9.17, 15) is 15.3 Å². The third-order valence-electron chi connectivity index (χ3n) is 7.20. The van der Waals surface area contributed by atoms with E-state index in [-0.39, 0.29) is 39.1 Å². The number of fused-ring (bicyclic) bond motifs is 2. The highest BCUT2D eigenvalue weighted by molar-refractivity contribution is 6.31. The van der Waals surface area contributed by atoms with Crippen LogP contribution >= 0.6 is 11.6 Å². The fourth-order valence-corrected chi connectivity index (χ4v) is 5.65. The van der Waals surface area contributed by atoms with Crippen molar-refractivity contribution in [1.82, 2.24) is 5.32 Å². The summed E-state index contributed by atoms with van der Waals surface area (Å²) >= 11 is 6.53. The number of hydrogen-bond donors (Lipinski definition) is 4. The minimum absolute atomic E-state index is 0.0434. The minimum Gasteiger partial charge on any atom is -0.487 e. The number of aliphatic hydroxyl groups excluding tert-OH is 3. The van der Waals surface area contributed by atoms with E-state index in [0.29, 0.717) is 46.1 Å². The fourth-order valence-electron chi connectivity index (χ4n) is 5.39. The predicted octanol–water partition coefficient (Wildman–Crippen LogP) is 4.12. The lowest BCUT2D eigenvalue weighted by atomic mass is 9.83. The summed E-state index contributed by atoms with van der Waals surface area (Å²) in [4.78, 5) is 0. The monoisotopic (exact) mass is 601 g/mol. The molecule has 3 atom stereocenters. The molecule has 42 heavy (non-hydrogen) atoms. The number of halogens is 1. The molecule has 10 nitrogen and oxygen atoms in total. The van der Waals surface area contributed by atoms with Crippen LogP contribution in [0.5, 0.6) is 34.5 Å². The van der Waals surface area contributed by atoms with Gasteiger partial charge in [0.15, 0.2) is 23.0 Å². The molecular weight excluding hydrogens is 566 g/mol. The zero-order valence-electron chi connectivity index (χ0n) is 23.8. The molecular formula is C31H36ClNO9. The average Bonchev–Trinajstić information content (AvgIpc) is 3.56. The topological polar surface area (TPSA) is 128 Å². The van der Waals surface area contributed by atoms with Gasteiger partial charge in [0.2, 0.25) is 24.1 Å². The van der Waals surface area contributed by atoms with E-state index < -0.39 is 18.5 Å². The lowest BCUT2D eigenvalue weighted by Crippen LogP contribution is -2.33. The Bertz CT molecular complexity index is 1330. The van der Waals surface area contributed by atoms with Gasteiger partial charge in [0.1, 0.15) is 13.2 Å². The van der Waals surface area contributed by atoms with Crippen molar-refractivity contribution in [2.24, 2.45) is 0 Å². The first-order valence-electron chi connectivity index (χ1n) is 13.9. The minimum atomic E-state index is -0.506. The van der Waals surface area contributed by atoms with Crippen LogP contribution in [0.3, 0.4) is 0 Å². The summed E-state index contributed by atoms with van der Waals surface area (Å²) in [5, 5.41) is 33.3. The highest BCUT2D eigenvalue weighted by atomic mass is 35.5. The van der Waals surface area contributed by atoms with Crippen LogP contribution in [0.2, 0.25) is 5.02 Å². The second-order valence-electron chi connectivity index (χ2n) is 10.1. The molecule has 4 N–H and O–H groups in total. The van der Waals surface area contributed by atoms with E-state index in [1.165, 1.54) is 0 Å². The maximum Gasteiger partial charge on any atom is 0.239 e. The highest BCUT2D eigenvalue weighted by Crippen LogP contribution is 2.53. The largest absolute Gasteiger partial charge is 0.487 e. The Labute approximate surface area is 249 Å². The van der Waals surface area contributed by atoms with Crippen molar-refractivity contribution in [3.05, 3.63) is 69.7 Å². The molecule has 11 heteroatoms. The number of benzene rings is 3. The first kappa shape index (κ1) is 30.1. The van der Waals surface area contributed by atoms with Crippen molar-refractivity contribution in [2.75, 3.05) is 26.4 Å². The van der Waals surface area contributed by atoms with E-state index in [4.69, 9.17) is 40.0 Å². The molecule has 2 heterocycles. The van der Waals surface area contributed by atoms with Crippen molar-refractivity contribution in [3.8, 4) is 34.5 Å². The molecule has 2 aliphatic heterocycles. The molecule has 0 radical (unpaired) electrons. The van der Waals surface area contributed by atoms with Gasteiger partial charge in [-0.1, -0.05) is 35.9 Å². The highest BCUT2D eigenvalue weighted by Gasteiger charge is 2.36. The Morgan fingerprint density at radius 3 is 1.86 bits per heavy atom. The van der Waals surface area contributed by atoms with E-state index >= 15 is 0 Å². The zero-order valence-corrected chi connectivity index (χ0v) is 24.5. The van der Waals surface area contributed by atoms with Crippen LogP contribution in [0.15, 0.2) is 42.5 Å². The lowest BCUT2D eigenvalue weighted by Gasteiger charge is -2.30. The SMILES string of the molecule is CC1Oc2ccc(C(c3ccc4c(c3OCCO)OC(C)O4)C(C)NCc3c(Cl)cccc3CO)c(OCCO)c2O1. The molecule has 0 aliphatic carbocycles. The van der Waals surface area contributed by atoms with Crippen LogP contribution < -0.4 is 33.7 Å². The molecule has 0 amide bonds. The fraction of sp³-hybridized carbons (Fsp3) is 0.419. The summed E-state index contributed by atoms with van der Waals surface area (Å²) in [5.41, 5.74) is 3.02. The van der Waals surface area contributed by atoms with Crippen molar-refractivity contribution in [2.45, 2.75) is 58.5 Å². The van der Waals surface area contributed by atoms with Crippen LogP contribution in [-0.2, 0) is 13.2 Å². The average molecular weight is 602 g/mol. The maximum atomic E-state index is 9.92. The zero-order chi connectivity index (χ0) is 29.8. The second kappa shape index (κ2) is 13.3. The third kappa shape index (κ3) is 6.04. The number of nitrogens with one attached hydrogen (secondary N) is 1. The van der Waals surface area contributed by atoms with Gasteiger partial charge in [0.05, 0.1) is 19.8 Å². The number of ether oxygens (including phenoxy) is 6. The maximum absolute atomic E-state index is 9.92. The lowest BCUT2D eigenvalue weighted by molar-refractivity contribution is 0.0652. The van der Waals surface area contributed by atoms with Crippen molar-refractivity contribution >= 4 is 11.6 Å². The molecule has 3 unspecified atom stereocenters. The van der Waals surface area contributed by atoms with Crippen molar-refractivity contribution in [3.63, 3.8) is 0 Å². The molecule has 226 valence electrons. The van der Waals surface area contributed by atoms with Crippen LogP contribution in [0.1, 0.15) is 48.9 Å². The molecule has 5 rings (SSSR count). The van der Waals surface area contributed by atoms with E-state index in [0.717, 1.165) is 22.3 Å². The van der Waals surface area contributed by atoms with E-state index in [1.54, 1.807) is 26.0 Å². The Kier molecular flexibility index (Phi) is 9.50. The molecule has 0 aromatic heterocycles. The first-order valence-corrected chi connectivity index (χ1v) is 14.3. The molecule has 0 saturated carbocycles. The summed E-state index contributed by atoms with van der Waals surface area (Å²) in [6.45, 7) is 5.53. The normalized spacial score (nSPS) is 18.2. The number of hydrogen-bond acceptors (Lipinski definition) is 10. The standard InChI is InChI=1S/C31H36ClNO9/c1-17(33-15-23-20(16-36)5-4-6-24(23)32)27(21-7-9-25-30(41-18(2)39-25)28(21)37-13-11-34)22-8-10-26-31(42-19(3)40-26)29(22)38-14-12-35/h4-10,17-19,27,33-36H,11-16H2,1-3H3. The quantitative estimate of drug-likeness (QED) is 0.227. The van der Waals surface area contributed by atoms with Crippen molar-refractivity contribution in [1.29, 1.82) is 0 Å². The van der Waals surface area contributed by atoms with E-state index in [2.05, 4.69) is 5.32 Å². The van der Waals surface area contributed by atoms with Gasteiger partial charge in [-0.2, -0.15) is 0 Å². The molecule has 0 saturated heterocycles. The van der Waals surface area contributed by atoms with Gasteiger partial charge < -0.3 is 49.1 Å². The molecule has 2 aliphatic rings. The summed E-state index contributed by atoms with van der Waals surface area (Å²) in [7, 11) is 0. The molecule has 0 bridgehead atoms. The van der Waals surface area contributed by atoms with Gasteiger partial charge in [-0.15, -0.1) is 0 Å².